The van der Waals surface area contributed by atoms with Gasteiger partial charge in [0.25, 0.3) is 0 Å². The Morgan fingerprint density at radius 1 is 1.30 bits per heavy atom. The fraction of sp³-hybridized carbons (Fsp3) is 0.133. The molecule has 0 saturated carbocycles. The van der Waals surface area contributed by atoms with Crippen LogP contribution in [0.1, 0.15) is 11.5 Å². The molecular formula is C15H12BrClN2O. The van der Waals surface area contributed by atoms with E-state index >= 15 is 0 Å². The number of halogens is 2. The van der Waals surface area contributed by atoms with Gasteiger partial charge < -0.3 is 10.6 Å². The molecule has 3 rings (SSSR count). The minimum atomic E-state index is -0.193. The molecule has 1 unspecified atom stereocenters. The molecule has 0 aliphatic carbocycles. The fourth-order valence-electron chi connectivity index (χ4n) is 2.33. The van der Waals surface area contributed by atoms with E-state index in [1.807, 2.05) is 30.3 Å². The number of hydrogen-bond acceptors (Lipinski definition) is 2. The maximum Gasteiger partial charge on any atom is 0.233 e. The SMILES string of the molecule is O=C(Nc1cc(Br)ccc1Cl)C1CNc2ccccc21. The van der Waals surface area contributed by atoms with E-state index in [0.29, 0.717) is 17.3 Å². The zero-order valence-electron chi connectivity index (χ0n) is 10.5. The summed E-state index contributed by atoms with van der Waals surface area (Å²) in [7, 11) is 0. The van der Waals surface area contributed by atoms with Crippen LogP contribution in [0, 0.1) is 0 Å². The molecule has 2 N–H and O–H groups in total. The van der Waals surface area contributed by atoms with Crippen LogP contribution in [0.2, 0.25) is 5.02 Å². The number of fused-ring (bicyclic) bond motifs is 1. The maximum absolute atomic E-state index is 12.4. The summed E-state index contributed by atoms with van der Waals surface area (Å²) in [5, 5.41) is 6.66. The lowest BCUT2D eigenvalue weighted by Crippen LogP contribution is -2.22. The first kappa shape index (κ1) is 13.5. The molecule has 1 heterocycles. The molecule has 1 amide bonds. The number of benzene rings is 2. The highest BCUT2D eigenvalue weighted by molar-refractivity contribution is 9.10. The summed E-state index contributed by atoms with van der Waals surface area (Å²) in [4.78, 5) is 12.4. The zero-order chi connectivity index (χ0) is 14.1. The standard InChI is InChI=1S/C15H12BrClN2O/c16-9-5-6-12(17)14(7-9)19-15(20)11-8-18-13-4-2-1-3-10(11)13/h1-7,11,18H,8H2,(H,19,20). The summed E-state index contributed by atoms with van der Waals surface area (Å²) in [6.45, 7) is 0.608. The van der Waals surface area contributed by atoms with E-state index in [1.165, 1.54) is 0 Å². The smallest absolute Gasteiger partial charge is 0.233 e. The van der Waals surface area contributed by atoms with Gasteiger partial charge in [-0.05, 0) is 29.8 Å². The summed E-state index contributed by atoms with van der Waals surface area (Å²) in [5.74, 6) is -0.247. The fourth-order valence-corrected chi connectivity index (χ4v) is 2.86. The van der Waals surface area contributed by atoms with Gasteiger partial charge in [-0.2, -0.15) is 0 Å². The van der Waals surface area contributed by atoms with Gasteiger partial charge in [-0.3, -0.25) is 4.79 Å². The van der Waals surface area contributed by atoms with Crippen LogP contribution in [0.5, 0.6) is 0 Å². The lowest BCUT2D eigenvalue weighted by molar-refractivity contribution is -0.117. The molecule has 0 radical (unpaired) electrons. The third-order valence-corrected chi connectivity index (χ3v) is 4.16. The topological polar surface area (TPSA) is 41.1 Å². The van der Waals surface area contributed by atoms with E-state index in [-0.39, 0.29) is 11.8 Å². The van der Waals surface area contributed by atoms with E-state index in [2.05, 4.69) is 26.6 Å². The van der Waals surface area contributed by atoms with Gasteiger partial charge in [0, 0.05) is 16.7 Å². The Bertz CT molecular complexity index is 675. The first-order valence-corrected chi connectivity index (χ1v) is 7.41. The molecule has 1 aliphatic rings. The molecule has 2 aromatic carbocycles. The van der Waals surface area contributed by atoms with Crippen LogP contribution in [0.15, 0.2) is 46.9 Å². The molecule has 5 heteroatoms. The first-order chi connectivity index (χ1) is 9.65. The molecule has 0 bridgehead atoms. The largest absolute Gasteiger partial charge is 0.384 e. The van der Waals surface area contributed by atoms with Crippen molar-refractivity contribution in [1.82, 2.24) is 0 Å². The summed E-state index contributed by atoms with van der Waals surface area (Å²) in [6, 6.07) is 13.2. The van der Waals surface area contributed by atoms with Crippen LogP contribution in [0.4, 0.5) is 11.4 Å². The third-order valence-electron chi connectivity index (χ3n) is 3.34. The average molecular weight is 352 g/mol. The third kappa shape index (κ3) is 2.53. The van der Waals surface area contributed by atoms with Crippen molar-refractivity contribution in [1.29, 1.82) is 0 Å². The number of rotatable bonds is 2. The van der Waals surface area contributed by atoms with Gasteiger partial charge in [0.1, 0.15) is 0 Å². The second-order valence-corrected chi connectivity index (χ2v) is 5.96. The van der Waals surface area contributed by atoms with Crippen LogP contribution in [0.3, 0.4) is 0 Å². The predicted octanol–water partition coefficient (Wildman–Crippen LogP) is 4.25. The molecule has 1 atom stereocenters. The molecule has 2 aromatic rings. The Labute approximate surface area is 130 Å². The minimum Gasteiger partial charge on any atom is -0.384 e. The lowest BCUT2D eigenvalue weighted by Gasteiger charge is -2.12. The van der Waals surface area contributed by atoms with Gasteiger partial charge in [0.15, 0.2) is 0 Å². The Balaban J connectivity index is 1.83. The van der Waals surface area contributed by atoms with Gasteiger partial charge in [-0.15, -0.1) is 0 Å². The van der Waals surface area contributed by atoms with Gasteiger partial charge in [0.2, 0.25) is 5.91 Å². The van der Waals surface area contributed by atoms with Crippen molar-refractivity contribution in [2.75, 3.05) is 17.2 Å². The quantitative estimate of drug-likeness (QED) is 0.849. The first-order valence-electron chi connectivity index (χ1n) is 6.24. The van der Waals surface area contributed by atoms with Crippen molar-refractivity contribution in [2.24, 2.45) is 0 Å². The molecule has 102 valence electrons. The van der Waals surface area contributed by atoms with Crippen molar-refractivity contribution in [2.45, 2.75) is 5.92 Å². The molecule has 0 aromatic heterocycles. The van der Waals surface area contributed by atoms with Gasteiger partial charge in [-0.25, -0.2) is 0 Å². The summed E-state index contributed by atoms with van der Waals surface area (Å²) in [6.07, 6.45) is 0. The van der Waals surface area contributed by atoms with Crippen LogP contribution in [-0.4, -0.2) is 12.5 Å². The Kier molecular flexibility index (Phi) is 3.68. The second-order valence-electron chi connectivity index (χ2n) is 4.63. The number of para-hydroxylation sites is 1. The highest BCUT2D eigenvalue weighted by atomic mass is 79.9. The molecule has 1 aliphatic heterocycles. The van der Waals surface area contributed by atoms with Crippen LogP contribution in [0.25, 0.3) is 0 Å². The van der Waals surface area contributed by atoms with Crippen LogP contribution in [-0.2, 0) is 4.79 Å². The minimum absolute atomic E-state index is 0.0533. The second kappa shape index (κ2) is 5.46. The Morgan fingerprint density at radius 2 is 2.10 bits per heavy atom. The highest BCUT2D eigenvalue weighted by Crippen LogP contribution is 2.33. The van der Waals surface area contributed by atoms with E-state index in [0.717, 1.165) is 15.7 Å². The van der Waals surface area contributed by atoms with Crippen LogP contribution >= 0.6 is 27.5 Å². The van der Waals surface area contributed by atoms with Crippen molar-refractivity contribution >= 4 is 44.8 Å². The predicted molar refractivity (Wildman–Crippen MR) is 85.5 cm³/mol. The van der Waals surface area contributed by atoms with Gasteiger partial charge in [-0.1, -0.05) is 45.7 Å². The number of carbonyl (C=O) groups is 1. The molecule has 0 spiro atoms. The number of amides is 1. The van der Waals surface area contributed by atoms with E-state index in [4.69, 9.17) is 11.6 Å². The molecule has 20 heavy (non-hydrogen) atoms. The van der Waals surface area contributed by atoms with E-state index in [9.17, 15) is 4.79 Å². The number of nitrogens with one attached hydrogen (secondary N) is 2. The average Bonchev–Trinajstić information content (AvgIpc) is 2.87. The highest BCUT2D eigenvalue weighted by Gasteiger charge is 2.28. The summed E-state index contributed by atoms with van der Waals surface area (Å²) >= 11 is 9.47. The number of carbonyl (C=O) groups excluding carboxylic acids is 1. The van der Waals surface area contributed by atoms with Crippen LogP contribution < -0.4 is 10.6 Å². The Morgan fingerprint density at radius 3 is 2.95 bits per heavy atom. The number of anilines is 2. The molecule has 0 fully saturated rings. The van der Waals surface area contributed by atoms with E-state index in [1.54, 1.807) is 12.1 Å². The normalized spacial score (nSPS) is 16.4. The lowest BCUT2D eigenvalue weighted by atomic mass is 10.0. The monoisotopic (exact) mass is 350 g/mol. The van der Waals surface area contributed by atoms with Crippen molar-refractivity contribution < 1.29 is 4.79 Å². The van der Waals surface area contributed by atoms with E-state index < -0.39 is 0 Å². The Hall–Kier alpha value is -1.52. The van der Waals surface area contributed by atoms with Gasteiger partial charge >= 0.3 is 0 Å². The zero-order valence-corrected chi connectivity index (χ0v) is 12.8. The summed E-state index contributed by atoms with van der Waals surface area (Å²) < 4.78 is 0.877. The molecular weight excluding hydrogens is 340 g/mol. The van der Waals surface area contributed by atoms with Crippen molar-refractivity contribution in [3.8, 4) is 0 Å². The summed E-state index contributed by atoms with van der Waals surface area (Å²) in [5.41, 5.74) is 2.67. The maximum atomic E-state index is 12.4. The molecule has 3 nitrogen and oxygen atoms in total. The molecule has 0 saturated heterocycles. The van der Waals surface area contributed by atoms with Crippen molar-refractivity contribution in [3.05, 3.63) is 57.5 Å². The van der Waals surface area contributed by atoms with Crippen molar-refractivity contribution in [3.63, 3.8) is 0 Å². The number of hydrogen-bond donors (Lipinski definition) is 2. The van der Waals surface area contributed by atoms with Gasteiger partial charge in [0.05, 0.1) is 16.6 Å².